The number of pyridine rings is 1. The van der Waals surface area contributed by atoms with E-state index in [4.69, 9.17) is 5.73 Å². The zero-order chi connectivity index (χ0) is 11.2. The number of nitrogens with one attached hydrogen (secondary N) is 1. The average molecular weight is 213 g/mol. The van der Waals surface area contributed by atoms with Crippen LogP contribution in [0, 0.1) is 0 Å². The Labute approximate surface area is 95.3 Å². The number of rotatable bonds is 4. The van der Waals surface area contributed by atoms with Crippen LogP contribution in [0.1, 0.15) is 5.69 Å². The molecule has 3 N–H and O–H groups in total. The minimum absolute atomic E-state index is 0.781. The van der Waals surface area contributed by atoms with Crippen LogP contribution < -0.4 is 11.1 Å². The molecule has 0 amide bonds. The maximum Gasteiger partial charge on any atom is 0.0574 e. The van der Waals surface area contributed by atoms with Gasteiger partial charge < -0.3 is 11.1 Å². The van der Waals surface area contributed by atoms with Crippen molar-refractivity contribution in [2.45, 2.75) is 6.42 Å². The number of nitrogens with zero attached hydrogens (tertiary/aromatic N) is 1. The second-order valence-corrected chi connectivity index (χ2v) is 3.59. The van der Waals surface area contributed by atoms with Crippen molar-refractivity contribution in [3.8, 4) is 0 Å². The second kappa shape index (κ2) is 5.16. The number of anilines is 2. The summed E-state index contributed by atoms with van der Waals surface area (Å²) < 4.78 is 0. The number of nitrogens with two attached hydrogens (primary N) is 1. The molecule has 0 aliphatic heterocycles. The molecule has 3 nitrogen and oxygen atoms in total. The molecule has 1 aromatic carbocycles. The first-order valence-corrected chi connectivity index (χ1v) is 5.34. The third-order valence-corrected chi connectivity index (χ3v) is 2.38. The van der Waals surface area contributed by atoms with Gasteiger partial charge in [-0.15, -0.1) is 0 Å². The summed E-state index contributed by atoms with van der Waals surface area (Å²) in [5.74, 6) is 0. The molecule has 0 bridgehead atoms. The Bertz CT molecular complexity index is 440. The maximum atomic E-state index is 5.82. The third-order valence-electron chi connectivity index (χ3n) is 2.38. The van der Waals surface area contributed by atoms with E-state index in [-0.39, 0.29) is 0 Å². The lowest BCUT2D eigenvalue weighted by Crippen LogP contribution is -2.07. The van der Waals surface area contributed by atoms with Gasteiger partial charge in [-0.1, -0.05) is 18.2 Å². The minimum Gasteiger partial charge on any atom is -0.397 e. The Morgan fingerprint density at radius 2 is 1.88 bits per heavy atom. The highest BCUT2D eigenvalue weighted by Gasteiger charge is 1.97. The van der Waals surface area contributed by atoms with Crippen molar-refractivity contribution in [2.24, 2.45) is 0 Å². The molecule has 0 unspecified atom stereocenters. The maximum absolute atomic E-state index is 5.82. The van der Waals surface area contributed by atoms with Crippen LogP contribution in [0.25, 0.3) is 0 Å². The summed E-state index contributed by atoms with van der Waals surface area (Å²) in [6, 6.07) is 13.7. The van der Waals surface area contributed by atoms with Gasteiger partial charge in [-0.3, -0.25) is 4.98 Å². The molecule has 0 aliphatic rings. The number of para-hydroxylation sites is 2. The van der Waals surface area contributed by atoms with Crippen LogP contribution in [-0.4, -0.2) is 11.5 Å². The van der Waals surface area contributed by atoms with Crippen LogP contribution in [0.5, 0.6) is 0 Å². The molecule has 0 aliphatic carbocycles. The van der Waals surface area contributed by atoms with E-state index in [2.05, 4.69) is 10.3 Å². The first-order chi connectivity index (χ1) is 7.86. The first-order valence-electron chi connectivity index (χ1n) is 5.34. The van der Waals surface area contributed by atoms with E-state index in [1.165, 1.54) is 0 Å². The SMILES string of the molecule is Nc1ccccc1NCCc1ccccn1. The van der Waals surface area contributed by atoms with E-state index in [0.29, 0.717) is 0 Å². The van der Waals surface area contributed by atoms with E-state index < -0.39 is 0 Å². The Kier molecular flexibility index (Phi) is 3.38. The smallest absolute Gasteiger partial charge is 0.0574 e. The van der Waals surface area contributed by atoms with Crippen molar-refractivity contribution in [3.63, 3.8) is 0 Å². The lowest BCUT2D eigenvalue weighted by atomic mass is 10.2. The summed E-state index contributed by atoms with van der Waals surface area (Å²) in [7, 11) is 0. The Morgan fingerprint density at radius 1 is 1.06 bits per heavy atom. The summed E-state index contributed by atoms with van der Waals surface area (Å²) >= 11 is 0. The molecular formula is C13H15N3. The monoisotopic (exact) mass is 213 g/mol. The summed E-state index contributed by atoms with van der Waals surface area (Å²) in [5, 5.41) is 3.30. The highest BCUT2D eigenvalue weighted by atomic mass is 14.9. The van der Waals surface area contributed by atoms with Crippen molar-refractivity contribution in [3.05, 3.63) is 54.4 Å². The Hall–Kier alpha value is -2.03. The number of aromatic nitrogens is 1. The van der Waals surface area contributed by atoms with Crippen molar-refractivity contribution < 1.29 is 0 Å². The molecule has 0 fully saturated rings. The molecule has 1 aromatic heterocycles. The lowest BCUT2D eigenvalue weighted by Gasteiger charge is -2.08. The van der Waals surface area contributed by atoms with E-state index in [0.717, 1.165) is 30.0 Å². The molecule has 2 rings (SSSR count). The number of hydrogen-bond acceptors (Lipinski definition) is 3. The highest BCUT2D eigenvalue weighted by Crippen LogP contribution is 2.16. The third kappa shape index (κ3) is 2.73. The van der Waals surface area contributed by atoms with Crippen molar-refractivity contribution in [1.29, 1.82) is 0 Å². The molecule has 16 heavy (non-hydrogen) atoms. The van der Waals surface area contributed by atoms with E-state index in [1.807, 2.05) is 48.7 Å². The summed E-state index contributed by atoms with van der Waals surface area (Å²) in [4.78, 5) is 4.26. The van der Waals surface area contributed by atoms with Crippen LogP contribution in [-0.2, 0) is 6.42 Å². The minimum atomic E-state index is 0.781. The molecule has 0 atom stereocenters. The predicted octanol–water partition coefficient (Wildman–Crippen LogP) is 2.32. The van der Waals surface area contributed by atoms with Crippen LogP contribution >= 0.6 is 0 Å². The molecule has 0 saturated heterocycles. The summed E-state index contributed by atoms with van der Waals surface area (Å²) in [6.45, 7) is 0.839. The largest absolute Gasteiger partial charge is 0.397 e. The fraction of sp³-hybridized carbons (Fsp3) is 0.154. The van der Waals surface area contributed by atoms with Crippen molar-refractivity contribution >= 4 is 11.4 Å². The van der Waals surface area contributed by atoms with Crippen LogP contribution in [0.4, 0.5) is 11.4 Å². The van der Waals surface area contributed by atoms with Gasteiger partial charge in [-0.2, -0.15) is 0 Å². The van der Waals surface area contributed by atoms with Gasteiger partial charge in [0.15, 0.2) is 0 Å². The van der Waals surface area contributed by atoms with Gasteiger partial charge in [0.25, 0.3) is 0 Å². The lowest BCUT2D eigenvalue weighted by molar-refractivity contribution is 0.962. The quantitative estimate of drug-likeness (QED) is 0.766. The normalized spacial score (nSPS) is 10.0. The molecule has 0 spiro atoms. The molecule has 3 heteroatoms. The topological polar surface area (TPSA) is 50.9 Å². The van der Waals surface area contributed by atoms with Crippen LogP contribution in [0.15, 0.2) is 48.7 Å². The van der Waals surface area contributed by atoms with E-state index >= 15 is 0 Å². The van der Waals surface area contributed by atoms with E-state index in [9.17, 15) is 0 Å². The number of nitrogen functional groups attached to an aromatic ring is 1. The molecular weight excluding hydrogens is 198 g/mol. The fourth-order valence-corrected chi connectivity index (χ4v) is 1.53. The zero-order valence-electron chi connectivity index (χ0n) is 9.06. The molecule has 1 heterocycles. The first kappa shape index (κ1) is 10.5. The van der Waals surface area contributed by atoms with Gasteiger partial charge in [0, 0.05) is 24.9 Å². The van der Waals surface area contributed by atoms with Crippen molar-refractivity contribution in [1.82, 2.24) is 4.98 Å². The summed E-state index contributed by atoms with van der Waals surface area (Å²) in [5.41, 5.74) is 8.68. The van der Waals surface area contributed by atoms with Gasteiger partial charge in [0.05, 0.1) is 11.4 Å². The van der Waals surface area contributed by atoms with Gasteiger partial charge in [-0.05, 0) is 24.3 Å². The number of benzene rings is 1. The van der Waals surface area contributed by atoms with Crippen LogP contribution in [0.2, 0.25) is 0 Å². The molecule has 2 aromatic rings. The van der Waals surface area contributed by atoms with Crippen molar-refractivity contribution in [2.75, 3.05) is 17.6 Å². The number of hydrogen-bond donors (Lipinski definition) is 2. The van der Waals surface area contributed by atoms with Gasteiger partial charge in [-0.25, -0.2) is 0 Å². The van der Waals surface area contributed by atoms with Gasteiger partial charge >= 0.3 is 0 Å². The van der Waals surface area contributed by atoms with Crippen LogP contribution in [0.3, 0.4) is 0 Å². The molecule has 82 valence electrons. The second-order valence-electron chi connectivity index (χ2n) is 3.59. The molecule has 0 saturated carbocycles. The van der Waals surface area contributed by atoms with Gasteiger partial charge in [0.2, 0.25) is 0 Å². The average Bonchev–Trinajstić information content (AvgIpc) is 2.33. The van der Waals surface area contributed by atoms with E-state index in [1.54, 1.807) is 0 Å². The Balaban J connectivity index is 1.87. The predicted molar refractivity (Wildman–Crippen MR) is 67.3 cm³/mol. The van der Waals surface area contributed by atoms with Gasteiger partial charge in [0.1, 0.15) is 0 Å². The zero-order valence-corrected chi connectivity index (χ0v) is 9.06. The summed E-state index contributed by atoms with van der Waals surface area (Å²) in [6.07, 6.45) is 2.71. The standard InChI is InChI=1S/C13H15N3/c14-12-6-1-2-7-13(12)16-10-8-11-5-3-4-9-15-11/h1-7,9,16H,8,10,14H2. The fourth-order valence-electron chi connectivity index (χ4n) is 1.53. The highest BCUT2D eigenvalue weighted by molar-refractivity contribution is 5.65. The molecule has 0 radical (unpaired) electrons. The Morgan fingerprint density at radius 3 is 2.62 bits per heavy atom.